The number of nitrogens with zero attached hydrogens (tertiary/aromatic N) is 1. The van der Waals surface area contributed by atoms with E-state index in [1.165, 1.54) is 0 Å². The fourth-order valence-corrected chi connectivity index (χ4v) is 3.32. The molecule has 0 aliphatic carbocycles. The second kappa shape index (κ2) is 8.13. The van der Waals surface area contributed by atoms with E-state index in [1.54, 1.807) is 30.0 Å². The molecule has 30 heavy (non-hydrogen) atoms. The third kappa shape index (κ3) is 3.75. The average molecular weight is 401 g/mol. The first-order valence-electron chi connectivity index (χ1n) is 9.30. The van der Waals surface area contributed by atoms with Crippen LogP contribution in [0.3, 0.4) is 0 Å². The minimum Gasteiger partial charge on any atom is -0.497 e. The van der Waals surface area contributed by atoms with Gasteiger partial charge in [0, 0.05) is 17.3 Å². The fraction of sp³-hybridized carbons (Fsp3) is 0.0833. The molecule has 4 aromatic rings. The lowest BCUT2D eigenvalue weighted by Gasteiger charge is -2.10. The molecule has 0 fully saturated rings. The molecule has 0 bridgehead atoms. The number of benzene rings is 3. The van der Waals surface area contributed by atoms with Gasteiger partial charge in [0.15, 0.2) is 0 Å². The van der Waals surface area contributed by atoms with Crippen molar-refractivity contribution in [3.8, 4) is 17.2 Å². The minimum atomic E-state index is -1.47. The Morgan fingerprint density at radius 2 is 1.70 bits per heavy atom. The number of fused-ring (bicyclic) bond motifs is 1. The van der Waals surface area contributed by atoms with Gasteiger partial charge < -0.3 is 19.1 Å². The lowest BCUT2D eigenvalue weighted by atomic mass is 10.1. The van der Waals surface area contributed by atoms with Crippen LogP contribution in [-0.2, 0) is 11.4 Å². The zero-order valence-electron chi connectivity index (χ0n) is 16.2. The highest BCUT2D eigenvalue weighted by molar-refractivity contribution is 6.42. The SMILES string of the molecule is COc1cccc(COc2ccc(-n3cc(C(=O)C(=O)O)c4ccccc43)cc2)c1. The van der Waals surface area contributed by atoms with Crippen LogP contribution in [0.2, 0.25) is 0 Å². The van der Waals surface area contributed by atoms with Crippen LogP contribution in [-0.4, -0.2) is 28.5 Å². The normalized spacial score (nSPS) is 10.7. The van der Waals surface area contributed by atoms with Crippen LogP contribution < -0.4 is 9.47 Å². The quantitative estimate of drug-likeness (QED) is 0.365. The van der Waals surface area contributed by atoms with Crippen LogP contribution in [0.1, 0.15) is 15.9 Å². The first-order valence-corrected chi connectivity index (χ1v) is 9.30. The maximum atomic E-state index is 12.1. The van der Waals surface area contributed by atoms with Crippen molar-refractivity contribution in [2.24, 2.45) is 0 Å². The zero-order valence-corrected chi connectivity index (χ0v) is 16.2. The number of hydrogen-bond acceptors (Lipinski definition) is 4. The van der Waals surface area contributed by atoms with Crippen LogP contribution in [0, 0.1) is 0 Å². The molecule has 0 saturated heterocycles. The molecule has 3 aromatic carbocycles. The van der Waals surface area contributed by atoms with Crippen LogP contribution in [0.5, 0.6) is 11.5 Å². The number of ether oxygens (including phenoxy) is 2. The second-order valence-electron chi connectivity index (χ2n) is 6.70. The van der Waals surface area contributed by atoms with Gasteiger partial charge in [-0.3, -0.25) is 4.79 Å². The summed E-state index contributed by atoms with van der Waals surface area (Å²) in [4.78, 5) is 23.3. The van der Waals surface area contributed by atoms with E-state index in [0.29, 0.717) is 17.7 Å². The molecule has 1 N–H and O–H groups in total. The summed E-state index contributed by atoms with van der Waals surface area (Å²) in [5.41, 5.74) is 2.71. The Hall–Kier alpha value is -4.06. The van der Waals surface area contributed by atoms with Gasteiger partial charge in [-0.25, -0.2) is 4.79 Å². The lowest BCUT2D eigenvalue weighted by Crippen LogP contribution is -2.12. The van der Waals surface area contributed by atoms with Gasteiger partial charge in [-0.15, -0.1) is 0 Å². The Morgan fingerprint density at radius 1 is 0.933 bits per heavy atom. The molecular formula is C24H19NO5. The first-order chi connectivity index (χ1) is 14.6. The number of carboxylic acid groups (broad SMARTS) is 1. The topological polar surface area (TPSA) is 77.8 Å². The van der Waals surface area contributed by atoms with E-state index < -0.39 is 11.8 Å². The van der Waals surface area contributed by atoms with Crippen LogP contribution in [0.15, 0.2) is 79.0 Å². The van der Waals surface area contributed by atoms with Gasteiger partial charge in [-0.05, 0) is 48.0 Å². The smallest absolute Gasteiger partial charge is 0.377 e. The van der Waals surface area contributed by atoms with E-state index in [0.717, 1.165) is 22.5 Å². The fourth-order valence-electron chi connectivity index (χ4n) is 3.32. The highest BCUT2D eigenvalue weighted by Crippen LogP contribution is 2.27. The molecule has 0 saturated carbocycles. The van der Waals surface area contributed by atoms with Gasteiger partial charge in [-0.2, -0.15) is 0 Å². The summed E-state index contributed by atoms with van der Waals surface area (Å²) in [5, 5.41) is 9.71. The zero-order chi connectivity index (χ0) is 21.1. The minimum absolute atomic E-state index is 0.163. The monoisotopic (exact) mass is 401 g/mol. The average Bonchev–Trinajstić information content (AvgIpc) is 3.17. The Kier molecular flexibility index (Phi) is 5.22. The van der Waals surface area contributed by atoms with Gasteiger partial charge >= 0.3 is 5.97 Å². The molecule has 4 rings (SSSR count). The molecule has 0 radical (unpaired) electrons. The van der Waals surface area contributed by atoms with Crippen molar-refractivity contribution in [2.75, 3.05) is 7.11 Å². The number of ketones is 1. The molecule has 0 spiro atoms. The van der Waals surface area contributed by atoms with Gasteiger partial charge in [0.05, 0.1) is 18.2 Å². The number of methoxy groups -OCH3 is 1. The van der Waals surface area contributed by atoms with E-state index >= 15 is 0 Å². The molecule has 0 aliphatic heterocycles. The Labute approximate surface area is 172 Å². The van der Waals surface area contributed by atoms with E-state index in [1.807, 2.05) is 60.7 Å². The standard InChI is InChI=1S/C24H19NO5/c1-29-19-6-4-5-16(13-19)15-30-18-11-9-17(10-12-18)25-14-21(23(26)24(27)28)20-7-2-3-8-22(20)25/h2-14H,15H2,1H3,(H,27,28). The molecule has 150 valence electrons. The van der Waals surface area contributed by atoms with E-state index in [4.69, 9.17) is 14.6 Å². The maximum absolute atomic E-state index is 12.1. The van der Waals surface area contributed by atoms with Crippen LogP contribution in [0.4, 0.5) is 0 Å². The molecule has 0 amide bonds. The lowest BCUT2D eigenvalue weighted by molar-refractivity contribution is -0.131. The number of carboxylic acids is 1. The number of carbonyl (C=O) groups excluding carboxylic acids is 1. The number of aromatic nitrogens is 1. The number of carbonyl (C=O) groups is 2. The van der Waals surface area contributed by atoms with Gasteiger partial charge in [0.25, 0.3) is 5.78 Å². The highest BCUT2D eigenvalue weighted by Gasteiger charge is 2.21. The van der Waals surface area contributed by atoms with Crippen molar-refractivity contribution in [3.63, 3.8) is 0 Å². The molecule has 0 unspecified atom stereocenters. The number of hydrogen-bond donors (Lipinski definition) is 1. The molecule has 6 heteroatoms. The largest absolute Gasteiger partial charge is 0.497 e. The summed E-state index contributed by atoms with van der Waals surface area (Å²) in [6, 6.07) is 22.3. The summed E-state index contributed by atoms with van der Waals surface area (Å²) >= 11 is 0. The van der Waals surface area contributed by atoms with Crippen molar-refractivity contribution in [2.45, 2.75) is 6.61 Å². The van der Waals surface area contributed by atoms with E-state index in [9.17, 15) is 9.59 Å². The van der Waals surface area contributed by atoms with Crippen molar-refractivity contribution in [1.29, 1.82) is 0 Å². The summed E-state index contributed by atoms with van der Waals surface area (Å²) < 4.78 is 12.9. The molecule has 1 heterocycles. The summed E-state index contributed by atoms with van der Waals surface area (Å²) in [6.45, 7) is 0.403. The van der Waals surface area contributed by atoms with Crippen molar-refractivity contribution < 1.29 is 24.2 Å². The molecule has 6 nitrogen and oxygen atoms in total. The number of para-hydroxylation sites is 1. The van der Waals surface area contributed by atoms with Crippen LogP contribution in [0.25, 0.3) is 16.6 Å². The highest BCUT2D eigenvalue weighted by atomic mass is 16.5. The molecule has 0 atom stereocenters. The third-order valence-corrected chi connectivity index (χ3v) is 4.81. The van der Waals surface area contributed by atoms with E-state index in [2.05, 4.69) is 0 Å². The predicted octanol–water partition coefficient (Wildman–Crippen LogP) is 4.49. The second-order valence-corrected chi connectivity index (χ2v) is 6.70. The van der Waals surface area contributed by atoms with Gasteiger partial charge in [0.2, 0.25) is 0 Å². The Balaban J connectivity index is 1.59. The van der Waals surface area contributed by atoms with Gasteiger partial charge in [-0.1, -0.05) is 30.3 Å². The van der Waals surface area contributed by atoms with Crippen molar-refractivity contribution in [1.82, 2.24) is 4.57 Å². The Bertz CT molecular complexity index is 1220. The molecular weight excluding hydrogens is 382 g/mol. The van der Waals surface area contributed by atoms with Gasteiger partial charge in [0.1, 0.15) is 18.1 Å². The summed E-state index contributed by atoms with van der Waals surface area (Å²) in [7, 11) is 1.62. The first kappa shape index (κ1) is 19.3. The van der Waals surface area contributed by atoms with Crippen LogP contribution >= 0.6 is 0 Å². The molecule has 0 aliphatic rings. The third-order valence-electron chi connectivity index (χ3n) is 4.81. The summed E-state index contributed by atoms with van der Waals surface area (Å²) in [5.74, 6) is -0.931. The molecule has 1 aromatic heterocycles. The van der Waals surface area contributed by atoms with Crippen molar-refractivity contribution >= 4 is 22.7 Å². The number of Topliss-reactive ketones (excluding diaryl/α,β-unsaturated/α-hetero) is 1. The Morgan fingerprint density at radius 3 is 2.43 bits per heavy atom. The number of rotatable bonds is 7. The van der Waals surface area contributed by atoms with Crippen molar-refractivity contribution in [3.05, 3.63) is 90.1 Å². The number of aliphatic carboxylic acids is 1. The predicted molar refractivity (Wildman–Crippen MR) is 113 cm³/mol. The maximum Gasteiger partial charge on any atom is 0.377 e. The van der Waals surface area contributed by atoms with E-state index in [-0.39, 0.29) is 5.56 Å². The summed E-state index contributed by atoms with van der Waals surface area (Å²) in [6.07, 6.45) is 1.56.